The molecule has 0 radical (unpaired) electrons. The van der Waals surface area contributed by atoms with E-state index in [1.807, 2.05) is 35.7 Å². The van der Waals surface area contributed by atoms with Crippen LogP contribution in [0.2, 0.25) is 0 Å². The lowest BCUT2D eigenvalue weighted by molar-refractivity contribution is -0.383. The minimum absolute atomic E-state index is 0.144. The lowest BCUT2D eigenvalue weighted by Crippen LogP contribution is -2.08. The molecule has 2 aromatic carbocycles. The Morgan fingerprint density at radius 3 is 2.74 bits per heavy atom. The van der Waals surface area contributed by atoms with Crippen LogP contribution in [0, 0.1) is 10.1 Å². The number of benzene rings is 2. The van der Waals surface area contributed by atoms with Crippen molar-refractivity contribution in [1.29, 1.82) is 0 Å². The Labute approximate surface area is 158 Å². The number of rotatable bonds is 6. The summed E-state index contributed by atoms with van der Waals surface area (Å²) in [6, 6.07) is 14.2. The number of carbonyl (C=O) groups is 1. The van der Waals surface area contributed by atoms with Gasteiger partial charge in [-0.3, -0.25) is 20.3 Å². The quantitative estimate of drug-likeness (QED) is 0.379. The highest BCUT2D eigenvalue weighted by atomic mass is 32.1. The van der Waals surface area contributed by atoms with Crippen molar-refractivity contribution in [2.75, 3.05) is 10.7 Å². The second kappa shape index (κ2) is 8.19. The van der Waals surface area contributed by atoms with Crippen molar-refractivity contribution in [3.05, 3.63) is 69.6 Å². The number of amides is 1. The van der Waals surface area contributed by atoms with Crippen molar-refractivity contribution < 1.29 is 9.72 Å². The van der Waals surface area contributed by atoms with Gasteiger partial charge in [-0.15, -0.1) is 11.3 Å². The van der Waals surface area contributed by atoms with Gasteiger partial charge in [0.1, 0.15) is 5.69 Å². The highest BCUT2D eigenvalue weighted by Crippen LogP contribution is 2.26. The smallest absolute Gasteiger partial charge is 0.293 e. The van der Waals surface area contributed by atoms with E-state index in [0.29, 0.717) is 10.7 Å². The molecule has 8 nitrogen and oxygen atoms in total. The van der Waals surface area contributed by atoms with Crippen LogP contribution in [-0.2, 0) is 4.79 Å². The van der Waals surface area contributed by atoms with E-state index in [4.69, 9.17) is 0 Å². The lowest BCUT2D eigenvalue weighted by Gasteiger charge is -2.04. The molecule has 0 aliphatic carbocycles. The summed E-state index contributed by atoms with van der Waals surface area (Å²) < 4.78 is 0. The van der Waals surface area contributed by atoms with Crippen LogP contribution in [0.4, 0.5) is 16.5 Å². The van der Waals surface area contributed by atoms with E-state index in [1.165, 1.54) is 36.6 Å². The highest BCUT2D eigenvalue weighted by molar-refractivity contribution is 7.14. The number of anilines is 2. The molecule has 1 amide bonds. The highest BCUT2D eigenvalue weighted by Gasteiger charge is 2.15. The van der Waals surface area contributed by atoms with Gasteiger partial charge in [-0.2, -0.15) is 5.10 Å². The molecule has 1 aromatic heterocycles. The first-order valence-electron chi connectivity index (χ1n) is 7.89. The van der Waals surface area contributed by atoms with Crippen molar-refractivity contribution in [2.24, 2.45) is 5.10 Å². The van der Waals surface area contributed by atoms with Crippen molar-refractivity contribution in [1.82, 2.24) is 4.98 Å². The summed E-state index contributed by atoms with van der Waals surface area (Å²) in [6.45, 7) is 1.29. The average Bonchev–Trinajstić information content (AvgIpc) is 3.12. The molecule has 0 aliphatic heterocycles. The van der Waals surface area contributed by atoms with Gasteiger partial charge in [0.05, 0.1) is 16.8 Å². The number of thiazole rings is 1. The summed E-state index contributed by atoms with van der Waals surface area (Å²) >= 11 is 1.41. The van der Waals surface area contributed by atoms with E-state index in [2.05, 4.69) is 20.8 Å². The van der Waals surface area contributed by atoms with Crippen LogP contribution in [0.3, 0.4) is 0 Å². The molecule has 0 fully saturated rings. The number of hydrazone groups is 1. The molecule has 0 saturated carbocycles. The summed E-state index contributed by atoms with van der Waals surface area (Å²) in [7, 11) is 0. The Bertz CT molecular complexity index is 1000. The van der Waals surface area contributed by atoms with Gasteiger partial charge in [0.2, 0.25) is 11.0 Å². The molecule has 9 heteroatoms. The van der Waals surface area contributed by atoms with E-state index in [1.54, 1.807) is 6.07 Å². The van der Waals surface area contributed by atoms with Gasteiger partial charge < -0.3 is 5.32 Å². The zero-order chi connectivity index (χ0) is 19.2. The number of nitro groups is 1. The molecular weight excluding hydrogens is 366 g/mol. The van der Waals surface area contributed by atoms with Crippen LogP contribution in [0.25, 0.3) is 11.3 Å². The van der Waals surface area contributed by atoms with Gasteiger partial charge in [-0.25, -0.2) is 4.98 Å². The molecule has 1 heterocycles. The van der Waals surface area contributed by atoms with Gasteiger partial charge >= 0.3 is 0 Å². The number of hydrogen-bond acceptors (Lipinski definition) is 7. The van der Waals surface area contributed by atoms with E-state index >= 15 is 0 Å². The molecule has 0 atom stereocenters. The molecule has 3 rings (SSSR count). The van der Waals surface area contributed by atoms with Gasteiger partial charge in [0, 0.05) is 29.5 Å². The topological polar surface area (TPSA) is 110 Å². The van der Waals surface area contributed by atoms with Crippen LogP contribution < -0.4 is 10.7 Å². The van der Waals surface area contributed by atoms with Crippen LogP contribution in [-0.4, -0.2) is 22.0 Å². The summed E-state index contributed by atoms with van der Waals surface area (Å²) in [5.74, 6) is -0.376. The molecule has 0 saturated heterocycles. The fourth-order valence-electron chi connectivity index (χ4n) is 2.30. The minimum atomic E-state index is -0.553. The normalized spacial score (nSPS) is 10.7. The number of nitrogens with one attached hydrogen (secondary N) is 2. The molecule has 0 spiro atoms. The third-order valence-corrected chi connectivity index (χ3v) is 4.22. The Kier molecular flexibility index (Phi) is 5.53. The zero-order valence-corrected chi connectivity index (χ0v) is 15.1. The first kappa shape index (κ1) is 18.2. The van der Waals surface area contributed by atoms with Gasteiger partial charge in [0.15, 0.2) is 0 Å². The second-order valence-corrected chi connectivity index (χ2v) is 6.35. The van der Waals surface area contributed by atoms with Crippen LogP contribution in [0.1, 0.15) is 12.5 Å². The predicted octanol–water partition coefficient (Wildman–Crippen LogP) is 4.12. The molecule has 3 aromatic rings. The molecule has 0 bridgehead atoms. The van der Waals surface area contributed by atoms with E-state index in [9.17, 15) is 14.9 Å². The predicted molar refractivity (Wildman–Crippen MR) is 106 cm³/mol. The van der Waals surface area contributed by atoms with E-state index in [-0.39, 0.29) is 17.3 Å². The summed E-state index contributed by atoms with van der Waals surface area (Å²) in [4.78, 5) is 26.2. The zero-order valence-electron chi connectivity index (χ0n) is 14.2. The maximum atomic E-state index is 11.2. The number of hydrogen-bond donors (Lipinski definition) is 2. The van der Waals surface area contributed by atoms with Crippen LogP contribution in [0.5, 0.6) is 0 Å². The van der Waals surface area contributed by atoms with Crippen LogP contribution >= 0.6 is 11.3 Å². The maximum absolute atomic E-state index is 11.2. The molecule has 2 N–H and O–H groups in total. The fourth-order valence-corrected chi connectivity index (χ4v) is 2.97. The lowest BCUT2D eigenvalue weighted by atomic mass is 10.2. The molecule has 136 valence electrons. The third-order valence-electron chi connectivity index (χ3n) is 3.48. The Balaban J connectivity index is 1.71. The van der Waals surface area contributed by atoms with Crippen molar-refractivity contribution in [2.45, 2.75) is 6.92 Å². The Hall–Kier alpha value is -3.59. The van der Waals surface area contributed by atoms with Gasteiger partial charge in [-0.05, 0) is 6.07 Å². The van der Waals surface area contributed by atoms with Gasteiger partial charge in [0.25, 0.3) is 5.69 Å². The number of nitrogens with zero attached hydrogens (tertiary/aromatic N) is 3. The summed E-state index contributed by atoms with van der Waals surface area (Å²) in [5, 5.41) is 20.2. The first-order valence-corrected chi connectivity index (χ1v) is 8.77. The SMILES string of the molecule is CC(=O)Nc1ccc(C=NNc2nc(-c3ccccc3)cs2)cc1[N+](=O)[O-]. The molecule has 27 heavy (non-hydrogen) atoms. The summed E-state index contributed by atoms with van der Waals surface area (Å²) in [5.41, 5.74) is 5.13. The van der Waals surface area contributed by atoms with Crippen molar-refractivity contribution in [3.63, 3.8) is 0 Å². The Morgan fingerprint density at radius 1 is 1.26 bits per heavy atom. The molecule has 0 aliphatic rings. The van der Waals surface area contributed by atoms with Crippen LogP contribution in [0.15, 0.2) is 59.0 Å². The largest absolute Gasteiger partial charge is 0.321 e. The second-order valence-electron chi connectivity index (χ2n) is 5.49. The standard InChI is InChI=1S/C18H15N5O3S/c1-12(24)20-15-8-7-13(9-17(15)23(25)26)10-19-22-18-21-16(11-27-18)14-5-3-2-4-6-14/h2-11H,1H3,(H,20,24)(H,21,22). The number of carbonyl (C=O) groups excluding carboxylic acids is 1. The minimum Gasteiger partial charge on any atom is -0.321 e. The fraction of sp³-hybridized carbons (Fsp3) is 0.0556. The van der Waals surface area contributed by atoms with Gasteiger partial charge in [-0.1, -0.05) is 36.4 Å². The number of aromatic nitrogens is 1. The molecular formula is C18H15N5O3S. The number of nitro benzene ring substituents is 1. The van der Waals surface area contributed by atoms with Crippen molar-refractivity contribution in [3.8, 4) is 11.3 Å². The van der Waals surface area contributed by atoms with E-state index < -0.39 is 4.92 Å². The monoisotopic (exact) mass is 381 g/mol. The van der Waals surface area contributed by atoms with E-state index in [0.717, 1.165) is 11.3 Å². The summed E-state index contributed by atoms with van der Waals surface area (Å²) in [6.07, 6.45) is 1.45. The Morgan fingerprint density at radius 2 is 2.04 bits per heavy atom. The maximum Gasteiger partial charge on any atom is 0.293 e. The molecule has 0 unspecified atom stereocenters. The van der Waals surface area contributed by atoms with Crippen molar-refractivity contribution >= 4 is 40.0 Å². The first-order chi connectivity index (χ1) is 13.0. The average molecular weight is 381 g/mol. The third kappa shape index (κ3) is 4.73.